The maximum Gasteiger partial charge on any atom is -0.147 e. The molecule has 0 aromatic heterocycles. The van der Waals surface area contributed by atoms with Gasteiger partial charge in [-0.2, -0.15) is 12.2 Å². The molecule has 0 spiro atoms. The first kappa shape index (κ1) is 25.3. The standard InChI is InChI=1S/2C7H9.C3H6.2ClH.Zr/c2*1-6-4-3-5-7(6)2;1-3-2;;;/h2*4H,3H2,1-2H3;1-2H3;2*1H;/q2*-1;;;;+2. The van der Waals surface area contributed by atoms with Crippen LogP contribution in [0.15, 0.2) is 34.4 Å². The predicted octanol–water partition coefficient (Wildman–Crippen LogP) is 5.76. The zero-order valence-electron chi connectivity index (χ0n) is 13.4. The third-order valence-corrected chi connectivity index (χ3v) is 2.73. The quantitative estimate of drug-likeness (QED) is 0.460. The van der Waals surface area contributed by atoms with Gasteiger partial charge in [-0.3, -0.25) is 12.2 Å². The van der Waals surface area contributed by atoms with Gasteiger partial charge in [0, 0.05) is 0 Å². The first-order chi connectivity index (χ1) is 8.34. The number of allylic oxidation sites excluding steroid dienone is 8. The smallest absolute Gasteiger partial charge is 0.147 e. The van der Waals surface area contributed by atoms with Crippen LogP contribution < -0.4 is 0 Å². The van der Waals surface area contributed by atoms with E-state index in [2.05, 4.69) is 65.8 Å². The normalized spacial score (nSPS) is 14.8. The van der Waals surface area contributed by atoms with Crippen molar-refractivity contribution in [1.29, 1.82) is 0 Å². The minimum Gasteiger partial charge on any atom is -0.147 e. The van der Waals surface area contributed by atoms with Crippen LogP contribution in [0.4, 0.5) is 0 Å². The van der Waals surface area contributed by atoms with Gasteiger partial charge in [-0.15, -0.1) is 51.5 Å². The molecule has 0 atom stereocenters. The monoisotopic (exact) mass is 390 g/mol. The average molecular weight is 393 g/mol. The summed E-state index contributed by atoms with van der Waals surface area (Å²) in [6.45, 7) is 12.7. The fourth-order valence-electron chi connectivity index (χ4n) is 1.30. The number of hydrogen-bond acceptors (Lipinski definition) is 0. The van der Waals surface area contributed by atoms with Crippen molar-refractivity contribution in [2.75, 3.05) is 0 Å². The molecule has 0 heterocycles. The van der Waals surface area contributed by atoms with Crippen LogP contribution in [0.1, 0.15) is 54.4 Å². The Balaban J connectivity index is -0.000000215. The van der Waals surface area contributed by atoms with Gasteiger partial charge in [0.2, 0.25) is 0 Å². The van der Waals surface area contributed by atoms with Crippen molar-refractivity contribution in [3.05, 3.63) is 46.6 Å². The summed E-state index contributed by atoms with van der Waals surface area (Å²) in [4.78, 5) is 0. The van der Waals surface area contributed by atoms with Gasteiger partial charge in [-0.1, -0.05) is 13.8 Å². The molecule has 20 heavy (non-hydrogen) atoms. The second-order valence-electron chi connectivity index (χ2n) is 4.79. The van der Waals surface area contributed by atoms with Crippen molar-refractivity contribution in [1.82, 2.24) is 0 Å². The Labute approximate surface area is 152 Å². The number of halogens is 2. The maximum absolute atomic E-state index is 3.19. The molecule has 0 fully saturated rings. The van der Waals surface area contributed by atoms with Crippen LogP contribution in [-0.4, -0.2) is 3.21 Å². The Bertz CT molecular complexity index is 343. The van der Waals surface area contributed by atoms with Crippen LogP contribution in [0.3, 0.4) is 0 Å². The van der Waals surface area contributed by atoms with Crippen molar-refractivity contribution in [2.45, 2.75) is 54.4 Å². The Kier molecular flexibility index (Phi) is 18.0. The van der Waals surface area contributed by atoms with E-state index in [4.69, 9.17) is 0 Å². The summed E-state index contributed by atoms with van der Waals surface area (Å²) in [6, 6.07) is 0. The molecule has 0 aromatic carbocycles. The van der Waals surface area contributed by atoms with Crippen LogP contribution in [0.2, 0.25) is 0 Å². The molecule has 0 radical (unpaired) electrons. The molecule has 0 saturated heterocycles. The fourth-order valence-corrected chi connectivity index (χ4v) is 1.30. The van der Waals surface area contributed by atoms with E-state index in [1.54, 1.807) is 24.2 Å². The van der Waals surface area contributed by atoms with Crippen molar-refractivity contribution >= 4 is 28.0 Å². The van der Waals surface area contributed by atoms with Crippen molar-refractivity contribution in [2.24, 2.45) is 0 Å². The zero-order valence-corrected chi connectivity index (χ0v) is 17.5. The summed E-state index contributed by atoms with van der Waals surface area (Å²) >= 11 is 1.55. The van der Waals surface area contributed by atoms with E-state index in [1.165, 1.54) is 25.5 Å². The van der Waals surface area contributed by atoms with Crippen LogP contribution in [0, 0.1) is 12.2 Å². The molecule has 0 amide bonds. The van der Waals surface area contributed by atoms with Gasteiger partial charge in [0.25, 0.3) is 0 Å². The molecule has 0 bridgehead atoms. The molecule has 3 heteroatoms. The molecule has 0 nitrogen and oxygen atoms in total. The first-order valence-electron chi connectivity index (χ1n) is 6.35. The topological polar surface area (TPSA) is 0 Å². The number of rotatable bonds is 0. The Morgan fingerprint density at radius 3 is 1.15 bits per heavy atom. The Hall–Kier alpha value is 0.293. The van der Waals surface area contributed by atoms with Crippen LogP contribution >= 0.6 is 24.8 Å². The molecule has 0 saturated carbocycles. The summed E-state index contributed by atoms with van der Waals surface area (Å²) in [5.41, 5.74) is 5.42. The van der Waals surface area contributed by atoms with E-state index in [-0.39, 0.29) is 24.8 Å². The Morgan fingerprint density at radius 2 is 1.10 bits per heavy atom. The molecule has 112 valence electrons. The molecule has 2 aliphatic rings. The predicted molar refractivity (Wildman–Crippen MR) is 92.5 cm³/mol. The van der Waals surface area contributed by atoms with Gasteiger partial charge in [0.15, 0.2) is 0 Å². The summed E-state index contributed by atoms with van der Waals surface area (Å²) in [6.07, 6.45) is 12.8. The maximum atomic E-state index is 3.19. The summed E-state index contributed by atoms with van der Waals surface area (Å²) in [5, 5.41) is 0. The molecule has 2 rings (SSSR count). The van der Waals surface area contributed by atoms with Gasteiger partial charge in [-0.25, -0.2) is 22.3 Å². The third-order valence-electron chi connectivity index (χ3n) is 2.73. The molecule has 0 aromatic rings. The minimum absolute atomic E-state index is 0. The molecular weight excluding hydrogens is 366 g/mol. The van der Waals surface area contributed by atoms with Gasteiger partial charge in [0.05, 0.1) is 0 Å². The first-order valence-corrected chi connectivity index (χ1v) is 7.58. The van der Waals surface area contributed by atoms with E-state index in [1.807, 2.05) is 0 Å². The SMILES string of the molecule is CC1=[C-]CC=C1C.CC1=[C-]CC=C1C.C[C](C)=[Zr+2].Cl.Cl. The third kappa shape index (κ3) is 13.3. The van der Waals surface area contributed by atoms with Gasteiger partial charge in [-0.05, 0) is 0 Å². The van der Waals surface area contributed by atoms with Crippen LogP contribution in [0.25, 0.3) is 0 Å². The molecule has 0 N–H and O–H groups in total. The second kappa shape index (κ2) is 14.2. The minimum atomic E-state index is 0. The molecule has 2 aliphatic carbocycles. The largest absolute Gasteiger partial charge is 0.147 e. The van der Waals surface area contributed by atoms with E-state index >= 15 is 0 Å². The van der Waals surface area contributed by atoms with Gasteiger partial charge < -0.3 is 0 Å². The summed E-state index contributed by atoms with van der Waals surface area (Å²) < 4.78 is 1.51. The van der Waals surface area contributed by atoms with Gasteiger partial charge in [0.1, 0.15) is 0 Å². The van der Waals surface area contributed by atoms with E-state index in [0.29, 0.717) is 0 Å². The average Bonchev–Trinajstić information content (AvgIpc) is 2.79. The molecule has 0 aliphatic heterocycles. The second-order valence-corrected chi connectivity index (χ2v) is 7.24. The van der Waals surface area contributed by atoms with Gasteiger partial charge >= 0.3 is 41.3 Å². The van der Waals surface area contributed by atoms with Crippen LogP contribution in [-0.2, 0) is 24.2 Å². The summed E-state index contributed by atoms with van der Waals surface area (Å²) in [5.74, 6) is 0. The van der Waals surface area contributed by atoms with Crippen molar-refractivity contribution < 1.29 is 24.2 Å². The van der Waals surface area contributed by atoms with Crippen molar-refractivity contribution in [3.63, 3.8) is 0 Å². The van der Waals surface area contributed by atoms with Crippen molar-refractivity contribution in [3.8, 4) is 0 Å². The van der Waals surface area contributed by atoms with Crippen LogP contribution in [0.5, 0.6) is 0 Å². The van der Waals surface area contributed by atoms with E-state index in [9.17, 15) is 0 Å². The summed E-state index contributed by atoms with van der Waals surface area (Å²) in [7, 11) is 0. The van der Waals surface area contributed by atoms with E-state index < -0.39 is 0 Å². The molecule has 0 unspecified atom stereocenters. The molecular formula is C17H26Cl2Zr. The Morgan fingerprint density at radius 1 is 0.850 bits per heavy atom. The van der Waals surface area contributed by atoms with E-state index in [0.717, 1.165) is 12.8 Å². The number of hydrogen-bond donors (Lipinski definition) is 0. The zero-order chi connectivity index (χ0) is 14.1. The fraction of sp³-hybridized carbons (Fsp3) is 0.471.